The third-order valence-corrected chi connectivity index (χ3v) is 4.87. The summed E-state index contributed by atoms with van der Waals surface area (Å²) in [7, 11) is 0. The lowest BCUT2D eigenvalue weighted by Gasteiger charge is -2.49. The Hall–Kier alpha value is -1.08. The van der Waals surface area contributed by atoms with Crippen molar-refractivity contribution in [3.8, 4) is 0 Å². The van der Waals surface area contributed by atoms with E-state index >= 15 is 0 Å². The number of hydrogen-bond acceptors (Lipinski definition) is 1. The maximum Gasteiger partial charge on any atom is 0.102 e. The van der Waals surface area contributed by atoms with Crippen LogP contribution in [0.15, 0.2) is 47.6 Å². The van der Waals surface area contributed by atoms with Gasteiger partial charge in [0.15, 0.2) is 0 Å². The van der Waals surface area contributed by atoms with E-state index in [0.717, 1.165) is 25.9 Å². The summed E-state index contributed by atoms with van der Waals surface area (Å²) in [5, 5.41) is 0. The van der Waals surface area contributed by atoms with E-state index in [1.807, 2.05) is 0 Å². The molecule has 0 aromatic rings. The van der Waals surface area contributed by atoms with Crippen LogP contribution in [0.3, 0.4) is 0 Å². The summed E-state index contributed by atoms with van der Waals surface area (Å²) in [6.07, 6.45) is 17.8. The third-order valence-electron chi connectivity index (χ3n) is 4.87. The molecule has 1 nitrogen and oxygen atoms in total. The molecule has 20 heavy (non-hydrogen) atoms. The van der Waals surface area contributed by atoms with Gasteiger partial charge in [0.05, 0.1) is 0 Å². The largest absolute Gasteiger partial charge is 0.369 e. The fourth-order valence-electron chi connectivity index (χ4n) is 3.39. The van der Waals surface area contributed by atoms with Crippen LogP contribution in [0.25, 0.3) is 0 Å². The van der Waals surface area contributed by atoms with Crippen molar-refractivity contribution in [3.63, 3.8) is 0 Å². The van der Waals surface area contributed by atoms with Crippen molar-refractivity contribution in [2.45, 2.75) is 59.0 Å². The maximum absolute atomic E-state index is 6.51. The Labute approximate surface area is 124 Å². The summed E-state index contributed by atoms with van der Waals surface area (Å²) in [5.74, 6) is 0. The SMILES string of the molecule is CCCCOC1(C(C)(C)C2=CCC=C2)CC=CC=C1C. The topological polar surface area (TPSA) is 9.23 Å². The van der Waals surface area contributed by atoms with Gasteiger partial charge in [-0.2, -0.15) is 0 Å². The van der Waals surface area contributed by atoms with Crippen LogP contribution in [0.1, 0.15) is 53.4 Å². The molecule has 0 bridgehead atoms. The van der Waals surface area contributed by atoms with Gasteiger partial charge in [-0.15, -0.1) is 0 Å². The molecule has 0 aromatic heterocycles. The lowest BCUT2D eigenvalue weighted by molar-refractivity contribution is -0.0806. The van der Waals surface area contributed by atoms with Crippen molar-refractivity contribution >= 4 is 0 Å². The normalized spacial score (nSPS) is 25.8. The Balaban J connectivity index is 2.33. The Morgan fingerprint density at radius 2 is 2.10 bits per heavy atom. The van der Waals surface area contributed by atoms with E-state index in [9.17, 15) is 0 Å². The molecule has 0 aromatic carbocycles. The summed E-state index contributed by atoms with van der Waals surface area (Å²) >= 11 is 0. The van der Waals surface area contributed by atoms with Crippen LogP contribution in [-0.4, -0.2) is 12.2 Å². The third kappa shape index (κ3) is 2.56. The minimum atomic E-state index is -0.197. The molecule has 1 heteroatoms. The first-order valence-corrected chi connectivity index (χ1v) is 7.89. The zero-order valence-electron chi connectivity index (χ0n) is 13.4. The smallest absolute Gasteiger partial charge is 0.102 e. The fraction of sp³-hybridized carbons (Fsp3) is 0.579. The number of ether oxygens (including phenoxy) is 1. The van der Waals surface area contributed by atoms with Gasteiger partial charge in [0.1, 0.15) is 5.60 Å². The number of hydrogen-bond donors (Lipinski definition) is 0. The van der Waals surface area contributed by atoms with Gasteiger partial charge in [0.2, 0.25) is 0 Å². The maximum atomic E-state index is 6.51. The van der Waals surface area contributed by atoms with Crippen LogP contribution in [-0.2, 0) is 4.74 Å². The molecule has 2 rings (SSSR count). The van der Waals surface area contributed by atoms with Gasteiger partial charge >= 0.3 is 0 Å². The van der Waals surface area contributed by atoms with Crippen molar-refractivity contribution in [2.24, 2.45) is 5.41 Å². The predicted molar refractivity (Wildman–Crippen MR) is 86.7 cm³/mol. The van der Waals surface area contributed by atoms with Gasteiger partial charge in [0.25, 0.3) is 0 Å². The van der Waals surface area contributed by atoms with Crippen LogP contribution in [0.2, 0.25) is 0 Å². The summed E-state index contributed by atoms with van der Waals surface area (Å²) in [5.41, 5.74) is 2.57. The number of rotatable bonds is 6. The van der Waals surface area contributed by atoms with Gasteiger partial charge < -0.3 is 4.74 Å². The Kier molecular flexibility index (Phi) is 4.70. The van der Waals surface area contributed by atoms with Crippen molar-refractivity contribution < 1.29 is 4.74 Å². The summed E-state index contributed by atoms with van der Waals surface area (Å²) in [6.45, 7) is 9.94. The quantitative estimate of drug-likeness (QED) is 0.591. The number of allylic oxidation sites excluding steroid dienone is 5. The Morgan fingerprint density at radius 3 is 2.70 bits per heavy atom. The van der Waals surface area contributed by atoms with Crippen molar-refractivity contribution in [1.82, 2.24) is 0 Å². The van der Waals surface area contributed by atoms with Crippen LogP contribution >= 0.6 is 0 Å². The van der Waals surface area contributed by atoms with E-state index in [1.165, 1.54) is 17.6 Å². The van der Waals surface area contributed by atoms with Crippen molar-refractivity contribution in [3.05, 3.63) is 47.6 Å². The van der Waals surface area contributed by atoms with Gasteiger partial charge in [-0.1, -0.05) is 63.6 Å². The monoisotopic (exact) mass is 272 g/mol. The number of unbranched alkanes of at least 4 members (excludes halogenated alkanes) is 1. The molecule has 110 valence electrons. The second kappa shape index (κ2) is 6.13. The second-order valence-electron chi connectivity index (χ2n) is 6.43. The summed E-state index contributed by atoms with van der Waals surface area (Å²) in [6, 6.07) is 0. The zero-order chi connectivity index (χ0) is 14.6. The molecule has 0 spiro atoms. The molecule has 0 saturated heterocycles. The highest BCUT2D eigenvalue weighted by Gasteiger charge is 2.48. The second-order valence-corrected chi connectivity index (χ2v) is 6.43. The lowest BCUT2D eigenvalue weighted by atomic mass is 9.64. The van der Waals surface area contributed by atoms with E-state index in [1.54, 1.807) is 0 Å². The molecule has 1 atom stereocenters. The van der Waals surface area contributed by atoms with E-state index in [4.69, 9.17) is 4.74 Å². The lowest BCUT2D eigenvalue weighted by Crippen LogP contribution is -2.49. The van der Waals surface area contributed by atoms with Crippen LogP contribution in [0.4, 0.5) is 0 Å². The minimum Gasteiger partial charge on any atom is -0.369 e. The highest BCUT2D eigenvalue weighted by atomic mass is 16.5. The summed E-state index contributed by atoms with van der Waals surface area (Å²) in [4.78, 5) is 0. The highest BCUT2D eigenvalue weighted by molar-refractivity contribution is 5.41. The molecule has 0 saturated carbocycles. The van der Waals surface area contributed by atoms with E-state index < -0.39 is 0 Å². The first kappa shape index (κ1) is 15.3. The van der Waals surface area contributed by atoms with E-state index in [0.29, 0.717) is 0 Å². The average molecular weight is 272 g/mol. The zero-order valence-corrected chi connectivity index (χ0v) is 13.4. The minimum absolute atomic E-state index is 0.000908. The van der Waals surface area contributed by atoms with Gasteiger partial charge in [-0.3, -0.25) is 0 Å². The van der Waals surface area contributed by atoms with Crippen LogP contribution in [0.5, 0.6) is 0 Å². The molecular weight excluding hydrogens is 244 g/mol. The molecular formula is C19H28O. The molecule has 1 unspecified atom stereocenters. The molecule has 0 aliphatic heterocycles. The Morgan fingerprint density at radius 1 is 1.30 bits per heavy atom. The first-order valence-electron chi connectivity index (χ1n) is 7.89. The molecule has 2 aliphatic carbocycles. The standard InChI is InChI=1S/C19H28O/c1-5-6-15-20-19(14-10-9-11-16(19)2)18(3,4)17-12-7-8-13-17/h7,9-13H,5-6,8,14-15H2,1-4H3. The molecule has 0 N–H and O–H groups in total. The van der Waals surface area contributed by atoms with Gasteiger partial charge in [-0.25, -0.2) is 0 Å². The van der Waals surface area contributed by atoms with Crippen LogP contribution < -0.4 is 0 Å². The highest BCUT2D eigenvalue weighted by Crippen LogP contribution is 2.50. The fourth-order valence-corrected chi connectivity index (χ4v) is 3.39. The predicted octanol–water partition coefficient (Wildman–Crippen LogP) is 5.36. The Bertz CT molecular complexity index is 462. The van der Waals surface area contributed by atoms with Crippen molar-refractivity contribution in [1.29, 1.82) is 0 Å². The average Bonchev–Trinajstić information content (AvgIpc) is 2.96. The molecule has 2 aliphatic rings. The van der Waals surface area contributed by atoms with E-state index in [2.05, 4.69) is 64.2 Å². The molecule has 0 amide bonds. The molecule has 0 heterocycles. The van der Waals surface area contributed by atoms with Crippen LogP contribution in [0, 0.1) is 5.41 Å². The van der Waals surface area contributed by atoms with Gasteiger partial charge in [-0.05, 0) is 37.3 Å². The van der Waals surface area contributed by atoms with Crippen molar-refractivity contribution in [2.75, 3.05) is 6.61 Å². The first-order chi connectivity index (χ1) is 9.54. The van der Waals surface area contributed by atoms with Gasteiger partial charge in [0, 0.05) is 12.0 Å². The summed E-state index contributed by atoms with van der Waals surface area (Å²) < 4.78 is 6.51. The molecule has 0 fully saturated rings. The molecule has 0 radical (unpaired) electrons. The van der Waals surface area contributed by atoms with E-state index in [-0.39, 0.29) is 11.0 Å².